The van der Waals surface area contributed by atoms with Gasteiger partial charge in [-0.15, -0.1) is 0 Å². The van der Waals surface area contributed by atoms with E-state index >= 15 is 0 Å². The van der Waals surface area contributed by atoms with Crippen molar-refractivity contribution in [1.82, 2.24) is 9.88 Å². The molecule has 24 heavy (non-hydrogen) atoms. The number of esters is 1. The van der Waals surface area contributed by atoms with Crippen LogP contribution in [0.25, 0.3) is 0 Å². The number of carbonyl (C=O) groups excluding carboxylic acids is 2. The second-order valence-corrected chi connectivity index (χ2v) is 6.88. The van der Waals surface area contributed by atoms with Gasteiger partial charge >= 0.3 is 5.97 Å². The van der Waals surface area contributed by atoms with Gasteiger partial charge in [-0.05, 0) is 40.4 Å². The molecule has 0 saturated carbocycles. The summed E-state index contributed by atoms with van der Waals surface area (Å²) in [5, 5.41) is 0. The number of benzene rings is 1. The van der Waals surface area contributed by atoms with Crippen LogP contribution in [0.2, 0.25) is 0 Å². The third-order valence-corrected chi connectivity index (χ3v) is 5.14. The predicted molar refractivity (Wildman–Crippen MR) is 93.8 cm³/mol. The van der Waals surface area contributed by atoms with Gasteiger partial charge in [-0.2, -0.15) is 0 Å². The van der Waals surface area contributed by atoms with Crippen LogP contribution >= 0.6 is 15.9 Å². The number of rotatable bonds is 3. The number of amides is 1. The van der Waals surface area contributed by atoms with E-state index < -0.39 is 5.41 Å². The average molecular weight is 391 g/mol. The van der Waals surface area contributed by atoms with E-state index in [0.29, 0.717) is 31.6 Å². The quantitative estimate of drug-likeness (QED) is 0.818. The van der Waals surface area contributed by atoms with Gasteiger partial charge in [0, 0.05) is 23.8 Å². The number of carbonyl (C=O) groups is 2. The molecule has 1 aromatic heterocycles. The number of aromatic nitrogens is 1. The van der Waals surface area contributed by atoms with Crippen LogP contribution in [0.1, 0.15) is 28.9 Å². The number of nitrogens with one attached hydrogen (secondary N) is 1. The molecule has 1 aliphatic rings. The molecule has 3 rings (SSSR count). The largest absolute Gasteiger partial charge is 0.468 e. The second kappa shape index (κ2) is 6.81. The number of methoxy groups -OCH3 is 1. The Hall–Kier alpha value is -2.08. The molecule has 1 amide bonds. The van der Waals surface area contributed by atoms with E-state index in [1.807, 2.05) is 30.3 Å². The fourth-order valence-corrected chi connectivity index (χ4v) is 3.66. The van der Waals surface area contributed by atoms with Crippen LogP contribution in [0.3, 0.4) is 0 Å². The molecular formula is C18H19BrN2O3. The number of H-pyrrole nitrogens is 1. The molecule has 6 heteroatoms. The first-order chi connectivity index (χ1) is 11.6. The minimum atomic E-state index is -0.677. The van der Waals surface area contributed by atoms with Crippen LogP contribution in [0, 0.1) is 0 Å². The monoisotopic (exact) mass is 390 g/mol. The van der Waals surface area contributed by atoms with Crippen molar-refractivity contribution < 1.29 is 14.3 Å². The molecule has 2 heterocycles. The van der Waals surface area contributed by atoms with E-state index in [1.165, 1.54) is 7.11 Å². The standard InChI is InChI=1S/C18H19BrN2O3/c1-24-17(23)18(13-5-3-2-4-6-13)7-9-21(10-8-18)16(22)15-11-14(19)12-20-15/h2-6,11-12,20H,7-10H2,1H3. The summed E-state index contributed by atoms with van der Waals surface area (Å²) in [6.07, 6.45) is 2.84. The fourth-order valence-electron chi connectivity index (χ4n) is 3.32. The van der Waals surface area contributed by atoms with Gasteiger partial charge in [0.05, 0.1) is 12.5 Å². The Bertz CT molecular complexity index is 734. The van der Waals surface area contributed by atoms with Crippen molar-refractivity contribution in [3.05, 3.63) is 58.3 Å². The van der Waals surface area contributed by atoms with Crippen LogP contribution in [0.4, 0.5) is 0 Å². The Labute approximate surface area is 149 Å². The van der Waals surface area contributed by atoms with Crippen molar-refractivity contribution in [1.29, 1.82) is 0 Å². The lowest BCUT2D eigenvalue weighted by Gasteiger charge is -2.39. The maximum atomic E-state index is 12.6. The maximum Gasteiger partial charge on any atom is 0.316 e. The molecule has 0 aliphatic carbocycles. The summed E-state index contributed by atoms with van der Waals surface area (Å²) in [5.74, 6) is -0.282. The number of hydrogen-bond donors (Lipinski definition) is 1. The molecule has 1 fully saturated rings. The number of nitrogens with zero attached hydrogens (tertiary/aromatic N) is 1. The molecule has 1 aromatic carbocycles. The first-order valence-corrected chi connectivity index (χ1v) is 8.63. The number of aromatic amines is 1. The zero-order chi connectivity index (χ0) is 17.2. The van der Waals surface area contributed by atoms with Crippen molar-refractivity contribution in [3.63, 3.8) is 0 Å². The molecule has 1 saturated heterocycles. The van der Waals surface area contributed by atoms with E-state index in [2.05, 4.69) is 20.9 Å². The zero-order valence-electron chi connectivity index (χ0n) is 13.4. The SMILES string of the molecule is COC(=O)C1(c2ccccc2)CCN(C(=O)c2cc(Br)c[nH]2)CC1. The maximum absolute atomic E-state index is 12.6. The van der Waals surface area contributed by atoms with Gasteiger partial charge in [0.2, 0.25) is 0 Å². The van der Waals surface area contributed by atoms with E-state index in [4.69, 9.17) is 4.74 Å². The average Bonchev–Trinajstić information content (AvgIpc) is 3.07. The van der Waals surface area contributed by atoms with Crippen molar-refractivity contribution in [2.75, 3.05) is 20.2 Å². The number of halogens is 1. The Morgan fingerprint density at radius 2 is 1.88 bits per heavy atom. The fraction of sp³-hybridized carbons (Fsp3) is 0.333. The van der Waals surface area contributed by atoms with Crippen LogP contribution in [-0.2, 0) is 14.9 Å². The molecule has 5 nitrogen and oxygen atoms in total. The van der Waals surface area contributed by atoms with Crippen molar-refractivity contribution in [2.24, 2.45) is 0 Å². The predicted octanol–water partition coefficient (Wildman–Crippen LogP) is 3.12. The molecule has 1 N–H and O–H groups in total. The summed E-state index contributed by atoms with van der Waals surface area (Å²) in [6.45, 7) is 1.03. The molecule has 0 spiro atoms. The lowest BCUT2D eigenvalue weighted by Crippen LogP contribution is -2.49. The van der Waals surface area contributed by atoms with Crippen LogP contribution < -0.4 is 0 Å². The molecule has 0 radical (unpaired) electrons. The summed E-state index contributed by atoms with van der Waals surface area (Å²) < 4.78 is 5.92. The van der Waals surface area contributed by atoms with Gasteiger partial charge < -0.3 is 14.6 Å². The third-order valence-electron chi connectivity index (χ3n) is 4.68. The zero-order valence-corrected chi connectivity index (χ0v) is 15.0. The topological polar surface area (TPSA) is 62.4 Å². The minimum absolute atomic E-state index is 0.0489. The third kappa shape index (κ3) is 2.98. The lowest BCUT2D eigenvalue weighted by molar-refractivity contribution is -0.149. The Kier molecular flexibility index (Phi) is 4.76. The van der Waals surface area contributed by atoms with Crippen molar-refractivity contribution in [3.8, 4) is 0 Å². The summed E-state index contributed by atoms with van der Waals surface area (Å²) in [6, 6.07) is 11.5. The number of ether oxygens (including phenoxy) is 1. The van der Waals surface area contributed by atoms with E-state index in [-0.39, 0.29) is 11.9 Å². The van der Waals surface area contributed by atoms with Gasteiger partial charge in [-0.25, -0.2) is 0 Å². The molecule has 0 unspecified atom stereocenters. The van der Waals surface area contributed by atoms with Gasteiger partial charge in [-0.3, -0.25) is 9.59 Å². The number of piperidine rings is 1. The summed E-state index contributed by atoms with van der Waals surface area (Å²) in [7, 11) is 1.42. The highest BCUT2D eigenvalue weighted by Gasteiger charge is 2.44. The van der Waals surface area contributed by atoms with Crippen molar-refractivity contribution in [2.45, 2.75) is 18.3 Å². The van der Waals surface area contributed by atoms with Gasteiger partial charge in [0.15, 0.2) is 0 Å². The molecular weight excluding hydrogens is 372 g/mol. The van der Waals surface area contributed by atoms with E-state index in [9.17, 15) is 9.59 Å². The molecule has 1 aliphatic heterocycles. The molecule has 0 atom stereocenters. The minimum Gasteiger partial charge on any atom is -0.468 e. The number of likely N-dealkylation sites (tertiary alicyclic amines) is 1. The van der Waals surface area contributed by atoms with Gasteiger partial charge in [-0.1, -0.05) is 30.3 Å². The Morgan fingerprint density at radius 1 is 1.21 bits per heavy atom. The van der Waals surface area contributed by atoms with Crippen LogP contribution in [-0.4, -0.2) is 42.0 Å². The Balaban J connectivity index is 1.80. The molecule has 126 valence electrons. The highest BCUT2D eigenvalue weighted by atomic mass is 79.9. The van der Waals surface area contributed by atoms with E-state index in [0.717, 1.165) is 10.0 Å². The highest BCUT2D eigenvalue weighted by molar-refractivity contribution is 9.10. The van der Waals surface area contributed by atoms with Gasteiger partial charge in [0.25, 0.3) is 5.91 Å². The first-order valence-electron chi connectivity index (χ1n) is 7.84. The summed E-state index contributed by atoms with van der Waals surface area (Å²) >= 11 is 3.34. The van der Waals surface area contributed by atoms with E-state index in [1.54, 1.807) is 17.2 Å². The van der Waals surface area contributed by atoms with Crippen LogP contribution in [0.15, 0.2) is 47.1 Å². The summed E-state index contributed by atoms with van der Waals surface area (Å²) in [5.41, 5.74) is 0.821. The number of hydrogen-bond acceptors (Lipinski definition) is 3. The normalized spacial score (nSPS) is 16.7. The Morgan fingerprint density at radius 3 is 2.42 bits per heavy atom. The molecule has 0 bridgehead atoms. The first kappa shape index (κ1) is 16.8. The highest BCUT2D eigenvalue weighted by Crippen LogP contribution is 2.37. The second-order valence-electron chi connectivity index (χ2n) is 5.96. The van der Waals surface area contributed by atoms with Crippen LogP contribution in [0.5, 0.6) is 0 Å². The smallest absolute Gasteiger partial charge is 0.316 e. The lowest BCUT2D eigenvalue weighted by atomic mass is 9.72. The summed E-state index contributed by atoms with van der Waals surface area (Å²) in [4.78, 5) is 29.8. The van der Waals surface area contributed by atoms with Gasteiger partial charge in [0.1, 0.15) is 5.69 Å². The molecule has 2 aromatic rings. The van der Waals surface area contributed by atoms with Crippen molar-refractivity contribution >= 4 is 27.8 Å².